The molecule has 9 nitrogen and oxygen atoms in total. The summed E-state index contributed by atoms with van der Waals surface area (Å²) in [5, 5.41) is 28.1. The van der Waals surface area contributed by atoms with Crippen LogP contribution in [0, 0.1) is 11.2 Å². The number of halogens is 1. The molecular weight excluding hydrogens is 499 g/mol. The number of anilines is 5. The van der Waals surface area contributed by atoms with E-state index in [0.29, 0.717) is 16.9 Å². The maximum absolute atomic E-state index is 14.7. The second-order valence-corrected chi connectivity index (χ2v) is 9.10. The lowest BCUT2D eigenvalue weighted by Gasteiger charge is -2.31. The summed E-state index contributed by atoms with van der Waals surface area (Å²) >= 11 is 0. The molecule has 202 valence electrons. The summed E-state index contributed by atoms with van der Waals surface area (Å²) in [7, 11) is 1.61. The summed E-state index contributed by atoms with van der Waals surface area (Å²) in [6.45, 7) is 1.58. The van der Waals surface area contributed by atoms with Gasteiger partial charge in [-0.25, -0.2) is 4.39 Å². The number of hydrogen-bond acceptors (Lipinski definition) is 7. The lowest BCUT2D eigenvalue weighted by atomic mass is 10.1. The SMILES string of the molecule is CN/C=C(\C=N)C(=O)Nc1ccc(Nc2ccc(NC(=O)c3ccc(N4CCC(O)CC4)cc3)cc2)c(F)c1. The molecule has 1 saturated heterocycles. The zero-order valence-electron chi connectivity index (χ0n) is 21.5. The first-order chi connectivity index (χ1) is 18.9. The van der Waals surface area contributed by atoms with Crippen molar-refractivity contribution in [3.63, 3.8) is 0 Å². The summed E-state index contributed by atoms with van der Waals surface area (Å²) in [6.07, 6.45) is 3.53. The van der Waals surface area contributed by atoms with Gasteiger partial charge in [0.2, 0.25) is 0 Å². The Morgan fingerprint density at radius 3 is 2.21 bits per heavy atom. The van der Waals surface area contributed by atoms with E-state index in [4.69, 9.17) is 5.41 Å². The quantitative estimate of drug-likeness (QED) is 0.179. The number of hydrogen-bond donors (Lipinski definition) is 6. The van der Waals surface area contributed by atoms with Crippen LogP contribution in [0.15, 0.2) is 78.5 Å². The molecule has 0 spiro atoms. The van der Waals surface area contributed by atoms with E-state index in [-0.39, 0.29) is 29.0 Å². The molecule has 0 aromatic heterocycles. The Bertz CT molecular complexity index is 1350. The number of amides is 2. The van der Waals surface area contributed by atoms with Crippen molar-refractivity contribution < 1.29 is 19.1 Å². The van der Waals surface area contributed by atoms with E-state index < -0.39 is 11.7 Å². The summed E-state index contributed by atoms with van der Waals surface area (Å²) in [5.41, 5.74) is 3.33. The third-order valence-electron chi connectivity index (χ3n) is 6.33. The molecule has 2 amide bonds. The third kappa shape index (κ3) is 7.20. The Balaban J connectivity index is 1.33. The first kappa shape index (κ1) is 27.3. The maximum Gasteiger partial charge on any atom is 0.258 e. The fourth-order valence-corrected chi connectivity index (χ4v) is 4.17. The van der Waals surface area contributed by atoms with Crippen molar-refractivity contribution in [1.82, 2.24) is 5.32 Å². The Kier molecular flexibility index (Phi) is 8.90. The first-order valence-electron chi connectivity index (χ1n) is 12.6. The lowest BCUT2D eigenvalue weighted by Crippen LogP contribution is -2.35. The van der Waals surface area contributed by atoms with E-state index in [2.05, 4.69) is 26.2 Å². The van der Waals surface area contributed by atoms with Gasteiger partial charge in [0, 0.05) is 60.9 Å². The highest BCUT2D eigenvalue weighted by Crippen LogP contribution is 2.25. The van der Waals surface area contributed by atoms with Gasteiger partial charge in [0.1, 0.15) is 5.82 Å². The van der Waals surface area contributed by atoms with Crippen LogP contribution >= 0.6 is 0 Å². The van der Waals surface area contributed by atoms with Crippen LogP contribution < -0.4 is 26.2 Å². The smallest absolute Gasteiger partial charge is 0.258 e. The second kappa shape index (κ2) is 12.7. The van der Waals surface area contributed by atoms with Gasteiger partial charge >= 0.3 is 0 Å². The number of nitrogens with one attached hydrogen (secondary N) is 5. The van der Waals surface area contributed by atoms with Crippen LogP contribution in [-0.4, -0.2) is 49.4 Å². The molecule has 3 aromatic carbocycles. The molecule has 1 fully saturated rings. The molecule has 3 aromatic rings. The third-order valence-corrected chi connectivity index (χ3v) is 6.33. The number of aliphatic hydroxyl groups is 1. The molecule has 1 aliphatic rings. The number of rotatable bonds is 9. The number of piperidine rings is 1. The Labute approximate surface area is 226 Å². The number of benzene rings is 3. The molecule has 10 heteroatoms. The van der Waals surface area contributed by atoms with Gasteiger partial charge in [-0.3, -0.25) is 9.59 Å². The zero-order valence-corrected chi connectivity index (χ0v) is 21.5. The van der Waals surface area contributed by atoms with Crippen LogP contribution in [0.3, 0.4) is 0 Å². The number of carbonyl (C=O) groups is 2. The van der Waals surface area contributed by atoms with E-state index in [1.165, 1.54) is 18.3 Å². The molecule has 4 rings (SSSR count). The van der Waals surface area contributed by atoms with E-state index >= 15 is 0 Å². The lowest BCUT2D eigenvalue weighted by molar-refractivity contribution is -0.112. The largest absolute Gasteiger partial charge is 0.393 e. The van der Waals surface area contributed by atoms with Gasteiger partial charge in [-0.05, 0) is 79.6 Å². The van der Waals surface area contributed by atoms with Crippen LogP contribution in [0.1, 0.15) is 23.2 Å². The fourth-order valence-electron chi connectivity index (χ4n) is 4.17. The normalized spacial score (nSPS) is 13.9. The summed E-state index contributed by atoms with van der Waals surface area (Å²) < 4.78 is 14.7. The van der Waals surface area contributed by atoms with Crippen molar-refractivity contribution in [2.24, 2.45) is 0 Å². The molecule has 0 saturated carbocycles. The van der Waals surface area contributed by atoms with Crippen molar-refractivity contribution in [2.75, 3.05) is 41.0 Å². The van der Waals surface area contributed by atoms with Crippen molar-refractivity contribution >= 4 is 46.5 Å². The van der Waals surface area contributed by atoms with Crippen molar-refractivity contribution in [1.29, 1.82) is 5.41 Å². The van der Waals surface area contributed by atoms with Crippen molar-refractivity contribution in [3.8, 4) is 0 Å². The maximum atomic E-state index is 14.7. The van der Waals surface area contributed by atoms with Crippen LogP contribution in [0.5, 0.6) is 0 Å². The highest BCUT2D eigenvalue weighted by Gasteiger charge is 2.17. The van der Waals surface area contributed by atoms with E-state index in [1.54, 1.807) is 49.5 Å². The minimum Gasteiger partial charge on any atom is -0.393 e. The Morgan fingerprint density at radius 2 is 1.59 bits per heavy atom. The average molecular weight is 531 g/mol. The molecular formula is C29H31FN6O3. The predicted molar refractivity (Wildman–Crippen MR) is 153 cm³/mol. The van der Waals surface area contributed by atoms with Crippen LogP contribution in [0.25, 0.3) is 0 Å². The topological polar surface area (TPSA) is 130 Å². The number of nitrogens with zero attached hydrogens (tertiary/aromatic N) is 1. The minimum atomic E-state index is -0.566. The molecule has 0 radical (unpaired) electrons. The highest BCUT2D eigenvalue weighted by molar-refractivity contribution is 6.17. The molecule has 1 aliphatic heterocycles. The van der Waals surface area contributed by atoms with Gasteiger partial charge in [0.05, 0.1) is 17.4 Å². The van der Waals surface area contributed by atoms with E-state index in [1.807, 2.05) is 12.1 Å². The van der Waals surface area contributed by atoms with Gasteiger partial charge in [-0.2, -0.15) is 0 Å². The zero-order chi connectivity index (χ0) is 27.8. The molecule has 6 N–H and O–H groups in total. The Morgan fingerprint density at radius 1 is 0.949 bits per heavy atom. The Hall–Kier alpha value is -4.70. The van der Waals surface area contributed by atoms with Gasteiger partial charge in [-0.1, -0.05) is 0 Å². The molecule has 1 heterocycles. The van der Waals surface area contributed by atoms with Crippen LogP contribution in [-0.2, 0) is 4.79 Å². The number of aliphatic hydroxyl groups excluding tert-OH is 1. The minimum absolute atomic E-state index is 0.100. The molecule has 0 atom stereocenters. The van der Waals surface area contributed by atoms with E-state index in [0.717, 1.165) is 37.8 Å². The monoisotopic (exact) mass is 530 g/mol. The number of carbonyl (C=O) groups excluding carboxylic acids is 2. The molecule has 0 bridgehead atoms. The molecule has 0 unspecified atom stereocenters. The van der Waals surface area contributed by atoms with Crippen LogP contribution in [0.2, 0.25) is 0 Å². The standard InChI is InChI=1S/C29H31FN6O3/c1-32-18-20(17-31)29(39)35-23-8-11-27(26(30)16-23)33-21-4-6-22(7-5-21)34-28(38)19-2-9-24(10-3-19)36-14-12-25(37)13-15-36/h2-11,16-18,25,31-33,37H,12-15H2,1H3,(H,34,38)(H,35,39)/b20-18+,31-17?. The first-order valence-corrected chi connectivity index (χ1v) is 12.6. The molecule has 0 aliphatic carbocycles. The summed E-state index contributed by atoms with van der Waals surface area (Å²) in [5.74, 6) is -1.34. The van der Waals surface area contributed by atoms with Crippen LogP contribution in [0.4, 0.5) is 32.8 Å². The summed E-state index contributed by atoms with van der Waals surface area (Å²) in [6, 6.07) is 18.5. The molecule has 39 heavy (non-hydrogen) atoms. The van der Waals surface area contributed by atoms with Gasteiger partial charge in [-0.15, -0.1) is 0 Å². The van der Waals surface area contributed by atoms with Gasteiger partial charge in [0.25, 0.3) is 11.8 Å². The van der Waals surface area contributed by atoms with Gasteiger partial charge in [0.15, 0.2) is 0 Å². The van der Waals surface area contributed by atoms with Gasteiger partial charge < -0.3 is 36.7 Å². The predicted octanol–water partition coefficient (Wildman–Crippen LogP) is 4.47. The summed E-state index contributed by atoms with van der Waals surface area (Å²) in [4.78, 5) is 27.1. The van der Waals surface area contributed by atoms with Crippen molar-refractivity contribution in [3.05, 3.63) is 89.9 Å². The highest BCUT2D eigenvalue weighted by atomic mass is 19.1. The van der Waals surface area contributed by atoms with E-state index in [9.17, 15) is 19.1 Å². The fraction of sp³-hybridized carbons (Fsp3) is 0.207. The van der Waals surface area contributed by atoms with Crippen molar-refractivity contribution in [2.45, 2.75) is 18.9 Å². The second-order valence-electron chi connectivity index (χ2n) is 9.10. The average Bonchev–Trinajstić information content (AvgIpc) is 2.94.